The lowest BCUT2D eigenvalue weighted by Crippen LogP contribution is -2.24. The second kappa shape index (κ2) is 8.07. The summed E-state index contributed by atoms with van der Waals surface area (Å²) in [6.45, 7) is 3.04. The summed E-state index contributed by atoms with van der Waals surface area (Å²) in [5.41, 5.74) is 1.08. The minimum atomic E-state index is -0.235. The van der Waals surface area contributed by atoms with E-state index in [4.69, 9.17) is 9.47 Å². The second-order valence-corrected chi connectivity index (χ2v) is 4.47. The molecule has 0 amide bonds. The van der Waals surface area contributed by atoms with Crippen LogP contribution in [-0.4, -0.2) is 19.1 Å². The molecule has 0 spiro atoms. The molecule has 2 aromatic carbocycles. The topological polar surface area (TPSA) is 47.6 Å². The molecule has 0 heterocycles. The fraction of sp³-hybridized carbons (Fsp3) is 0.235. The number of nitrogens with one attached hydrogen (secondary N) is 1. The molecule has 2 rings (SSSR count). The van der Waals surface area contributed by atoms with E-state index in [-0.39, 0.29) is 12.5 Å². The summed E-state index contributed by atoms with van der Waals surface area (Å²) in [7, 11) is 0. The standard InChI is InChI=1S/C17H19NO3/c1-2-20-17(19)13-18-12-14-8-10-16(11-9-14)21-15-6-4-3-5-7-15/h3-11,18H,2,12-13H2,1H3. The van der Waals surface area contributed by atoms with Gasteiger partial charge >= 0.3 is 5.97 Å². The van der Waals surface area contributed by atoms with Crippen LogP contribution in [0.15, 0.2) is 54.6 Å². The zero-order valence-electron chi connectivity index (χ0n) is 12.0. The summed E-state index contributed by atoms with van der Waals surface area (Å²) >= 11 is 0. The van der Waals surface area contributed by atoms with Crippen molar-refractivity contribution < 1.29 is 14.3 Å². The van der Waals surface area contributed by atoms with Gasteiger partial charge < -0.3 is 14.8 Å². The number of carbonyl (C=O) groups is 1. The van der Waals surface area contributed by atoms with Gasteiger partial charge in [-0.1, -0.05) is 30.3 Å². The predicted octanol–water partition coefficient (Wildman–Crippen LogP) is 3.13. The van der Waals surface area contributed by atoms with Crippen molar-refractivity contribution in [2.75, 3.05) is 13.2 Å². The summed E-state index contributed by atoms with van der Waals surface area (Å²) in [5, 5.41) is 3.04. The Morgan fingerprint density at radius 1 is 1.00 bits per heavy atom. The van der Waals surface area contributed by atoms with Crippen LogP contribution in [0.3, 0.4) is 0 Å². The summed E-state index contributed by atoms with van der Waals surface area (Å²) in [4.78, 5) is 11.2. The summed E-state index contributed by atoms with van der Waals surface area (Å²) in [6, 6.07) is 17.4. The fourth-order valence-corrected chi connectivity index (χ4v) is 1.82. The highest BCUT2D eigenvalue weighted by molar-refractivity contribution is 5.71. The smallest absolute Gasteiger partial charge is 0.319 e. The highest BCUT2D eigenvalue weighted by atomic mass is 16.5. The van der Waals surface area contributed by atoms with Crippen molar-refractivity contribution in [1.29, 1.82) is 0 Å². The van der Waals surface area contributed by atoms with Gasteiger partial charge in [-0.05, 0) is 36.8 Å². The van der Waals surface area contributed by atoms with Crippen LogP contribution in [0.1, 0.15) is 12.5 Å². The Morgan fingerprint density at radius 2 is 1.67 bits per heavy atom. The van der Waals surface area contributed by atoms with Crippen molar-refractivity contribution in [1.82, 2.24) is 5.32 Å². The van der Waals surface area contributed by atoms with Gasteiger partial charge in [0.05, 0.1) is 13.2 Å². The molecule has 110 valence electrons. The van der Waals surface area contributed by atoms with E-state index in [1.165, 1.54) is 0 Å². The summed E-state index contributed by atoms with van der Waals surface area (Å²) in [5.74, 6) is 1.36. The van der Waals surface area contributed by atoms with E-state index < -0.39 is 0 Å². The molecule has 0 aliphatic carbocycles. The molecule has 2 aromatic rings. The van der Waals surface area contributed by atoms with E-state index in [0.717, 1.165) is 17.1 Å². The maximum atomic E-state index is 11.2. The number of para-hydroxylation sites is 1. The molecule has 0 saturated carbocycles. The van der Waals surface area contributed by atoms with Gasteiger partial charge in [0.15, 0.2) is 0 Å². The molecule has 4 nitrogen and oxygen atoms in total. The first-order valence-corrected chi connectivity index (χ1v) is 6.96. The van der Waals surface area contributed by atoms with Gasteiger partial charge in [0.1, 0.15) is 11.5 Å². The maximum Gasteiger partial charge on any atom is 0.319 e. The Morgan fingerprint density at radius 3 is 2.33 bits per heavy atom. The van der Waals surface area contributed by atoms with Crippen LogP contribution < -0.4 is 10.1 Å². The van der Waals surface area contributed by atoms with Crippen molar-refractivity contribution in [3.05, 3.63) is 60.2 Å². The zero-order valence-corrected chi connectivity index (χ0v) is 12.0. The number of carbonyl (C=O) groups excluding carboxylic acids is 1. The SMILES string of the molecule is CCOC(=O)CNCc1ccc(Oc2ccccc2)cc1. The molecule has 21 heavy (non-hydrogen) atoms. The quantitative estimate of drug-likeness (QED) is 0.794. The molecule has 0 aliphatic rings. The minimum Gasteiger partial charge on any atom is -0.465 e. The Bertz CT molecular complexity index is 552. The van der Waals surface area contributed by atoms with Crippen molar-refractivity contribution >= 4 is 5.97 Å². The molecule has 0 fully saturated rings. The Kier molecular flexibility index (Phi) is 5.79. The largest absolute Gasteiger partial charge is 0.465 e. The molecule has 0 unspecified atom stereocenters. The number of rotatable bonds is 7. The predicted molar refractivity (Wildman–Crippen MR) is 81.3 cm³/mol. The number of hydrogen-bond acceptors (Lipinski definition) is 4. The van der Waals surface area contributed by atoms with Crippen LogP contribution >= 0.6 is 0 Å². The van der Waals surface area contributed by atoms with E-state index in [1.807, 2.05) is 54.6 Å². The molecule has 4 heteroatoms. The molecule has 0 bridgehead atoms. The van der Waals surface area contributed by atoms with Crippen LogP contribution in [0.4, 0.5) is 0 Å². The van der Waals surface area contributed by atoms with Gasteiger partial charge in [-0.25, -0.2) is 0 Å². The van der Waals surface area contributed by atoms with Crippen LogP contribution in [0.2, 0.25) is 0 Å². The van der Waals surface area contributed by atoms with E-state index in [9.17, 15) is 4.79 Å². The minimum absolute atomic E-state index is 0.218. The molecule has 0 radical (unpaired) electrons. The van der Waals surface area contributed by atoms with Crippen LogP contribution in [0.5, 0.6) is 11.5 Å². The lowest BCUT2D eigenvalue weighted by Gasteiger charge is -2.07. The second-order valence-electron chi connectivity index (χ2n) is 4.47. The molecule has 0 atom stereocenters. The number of hydrogen-bond donors (Lipinski definition) is 1. The third kappa shape index (κ3) is 5.28. The monoisotopic (exact) mass is 285 g/mol. The average molecular weight is 285 g/mol. The molecule has 1 N–H and O–H groups in total. The Hall–Kier alpha value is -2.33. The van der Waals surface area contributed by atoms with E-state index in [0.29, 0.717) is 13.2 Å². The van der Waals surface area contributed by atoms with E-state index in [1.54, 1.807) is 6.92 Å². The van der Waals surface area contributed by atoms with Crippen molar-refractivity contribution in [2.45, 2.75) is 13.5 Å². The van der Waals surface area contributed by atoms with Gasteiger partial charge in [-0.15, -0.1) is 0 Å². The van der Waals surface area contributed by atoms with Crippen molar-refractivity contribution in [2.24, 2.45) is 0 Å². The van der Waals surface area contributed by atoms with Crippen LogP contribution in [0.25, 0.3) is 0 Å². The van der Waals surface area contributed by atoms with Gasteiger partial charge in [0.2, 0.25) is 0 Å². The van der Waals surface area contributed by atoms with Crippen LogP contribution in [-0.2, 0) is 16.1 Å². The Balaban J connectivity index is 1.80. The lowest BCUT2D eigenvalue weighted by molar-refractivity contribution is -0.142. The van der Waals surface area contributed by atoms with Gasteiger partial charge in [0.25, 0.3) is 0 Å². The maximum absolute atomic E-state index is 11.2. The first kappa shape index (κ1) is 15.1. The third-order valence-corrected chi connectivity index (χ3v) is 2.81. The van der Waals surface area contributed by atoms with Gasteiger partial charge in [0, 0.05) is 6.54 Å². The van der Waals surface area contributed by atoms with Gasteiger partial charge in [-0.3, -0.25) is 4.79 Å². The summed E-state index contributed by atoms with van der Waals surface area (Å²) in [6.07, 6.45) is 0. The third-order valence-electron chi connectivity index (χ3n) is 2.81. The first-order valence-electron chi connectivity index (χ1n) is 6.96. The van der Waals surface area contributed by atoms with Gasteiger partial charge in [-0.2, -0.15) is 0 Å². The van der Waals surface area contributed by atoms with E-state index >= 15 is 0 Å². The number of benzene rings is 2. The lowest BCUT2D eigenvalue weighted by atomic mass is 10.2. The highest BCUT2D eigenvalue weighted by Gasteiger charge is 2.01. The van der Waals surface area contributed by atoms with Crippen molar-refractivity contribution in [3.63, 3.8) is 0 Å². The molecular formula is C17H19NO3. The molecule has 0 aromatic heterocycles. The molecule has 0 saturated heterocycles. The normalized spacial score (nSPS) is 10.1. The average Bonchev–Trinajstić information content (AvgIpc) is 2.50. The highest BCUT2D eigenvalue weighted by Crippen LogP contribution is 2.20. The summed E-state index contributed by atoms with van der Waals surface area (Å²) < 4.78 is 10.6. The Labute approximate surface area is 124 Å². The first-order chi connectivity index (χ1) is 10.3. The van der Waals surface area contributed by atoms with E-state index in [2.05, 4.69) is 5.32 Å². The zero-order chi connectivity index (χ0) is 14.9. The molecule has 0 aliphatic heterocycles. The molecular weight excluding hydrogens is 266 g/mol. The number of esters is 1. The van der Waals surface area contributed by atoms with Crippen molar-refractivity contribution in [3.8, 4) is 11.5 Å². The fourth-order valence-electron chi connectivity index (χ4n) is 1.82. The number of ether oxygens (including phenoxy) is 2. The van der Waals surface area contributed by atoms with Crippen LogP contribution in [0, 0.1) is 0 Å².